The van der Waals surface area contributed by atoms with Crippen molar-refractivity contribution in [1.29, 1.82) is 0 Å². The molecule has 1 saturated heterocycles. The van der Waals surface area contributed by atoms with Gasteiger partial charge in [-0.1, -0.05) is 0 Å². The van der Waals surface area contributed by atoms with Crippen LogP contribution in [-0.2, 0) is 14.4 Å². The van der Waals surface area contributed by atoms with Crippen molar-refractivity contribution < 1.29 is 14.4 Å². The molecule has 1 fully saturated rings. The van der Waals surface area contributed by atoms with E-state index in [2.05, 4.69) is 5.32 Å². The van der Waals surface area contributed by atoms with Crippen LogP contribution in [0.3, 0.4) is 0 Å². The predicted molar refractivity (Wildman–Crippen MR) is 56.0 cm³/mol. The largest absolute Gasteiger partial charge is 0.368 e. The van der Waals surface area contributed by atoms with Gasteiger partial charge in [-0.05, 0) is 12.8 Å². The first-order valence-corrected chi connectivity index (χ1v) is 5.11. The summed E-state index contributed by atoms with van der Waals surface area (Å²) >= 11 is 0. The van der Waals surface area contributed by atoms with E-state index in [4.69, 9.17) is 11.5 Å². The number of carbonyl (C=O) groups excluding carboxylic acids is 3. The first kappa shape index (κ1) is 12.4. The molecule has 0 unspecified atom stereocenters. The fourth-order valence-electron chi connectivity index (χ4n) is 1.71. The molecule has 3 amide bonds. The van der Waals surface area contributed by atoms with Gasteiger partial charge in [0.2, 0.25) is 17.7 Å². The van der Waals surface area contributed by atoms with Crippen molar-refractivity contribution in [3.8, 4) is 0 Å². The van der Waals surface area contributed by atoms with Crippen LogP contribution in [0.5, 0.6) is 0 Å². The first-order chi connectivity index (χ1) is 7.56. The molecule has 1 aliphatic heterocycles. The number of likely N-dealkylation sites (tertiary alicyclic amines) is 1. The number of rotatable bonds is 4. The van der Waals surface area contributed by atoms with Crippen LogP contribution in [0.1, 0.15) is 12.8 Å². The van der Waals surface area contributed by atoms with Gasteiger partial charge < -0.3 is 21.7 Å². The number of nitrogens with one attached hydrogen (secondary N) is 1. The molecule has 90 valence electrons. The smallest absolute Gasteiger partial charge is 0.242 e. The topological polar surface area (TPSA) is 119 Å². The van der Waals surface area contributed by atoms with Gasteiger partial charge in [-0.15, -0.1) is 0 Å². The number of carbonyl (C=O) groups is 3. The molecule has 0 radical (unpaired) electrons. The van der Waals surface area contributed by atoms with Crippen LogP contribution in [0.25, 0.3) is 0 Å². The predicted octanol–water partition coefficient (Wildman–Crippen LogP) is -2.46. The van der Waals surface area contributed by atoms with Gasteiger partial charge in [-0.25, -0.2) is 0 Å². The summed E-state index contributed by atoms with van der Waals surface area (Å²) in [5, 5.41) is 2.36. The normalized spacial score (nSPS) is 19.6. The second-order valence-corrected chi connectivity index (χ2v) is 3.63. The zero-order valence-corrected chi connectivity index (χ0v) is 8.94. The maximum absolute atomic E-state index is 11.6. The third-order valence-electron chi connectivity index (χ3n) is 2.52. The zero-order chi connectivity index (χ0) is 12.1. The first-order valence-electron chi connectivity index (χ1n) is 5.11. The molecule has 1 aliphatic rings. The van der Waals surface area contributed by atoms with Crippen molar-refractivity contribution in [2.75, 3.05) is 19.6 Å². The Balaban J connectivity index is 2.47. The molecule has 0 bridgehead atoms. The fraction of sp³-hybridized carbons (Fsp3) is 0.667. The van der Waals surface area contributed by atoms with E-state index in [9.17, 15) is 14.4 Å². The van der Waals surface area contributed by atoms with Crippen molar-refractivity contribution in [2.45, 2.75) is 18.9 Å². The van der Waals surface area contributed by atoms with E-state index in [0.717, 1.165) is 6.42 Å². The molecule has 7 heteroatoms. The lowest BCUT2D eigenvalue weighted by Crippen LogP contribution is -2.48. The summed E-state index contributed by atoms with van der Waals surface area (Å²) in [6, 6.07) is -0.540. The molecule has 16 heavy (non-hydrogen) atoms. The lowest BCUT2D eigenvalue weighted by molar-refractivity contribution is -0.137. The number of nitrogens with zero attached hydrogens (tertiary/aromatic N) is 1. The molecule has 0 saturated carbocycles. The Bertz CT molecular complexity index is 305. The average molecular weight is 228 g/mol. The van der Waals surface area contributed by atoms with E-state index in [1.54, 1.807) is 0 Å². The van der Waals surface area contributed by atoms with E-state index < -0.39 is 17.9 Å². The molecule has 7 nitrogen and oxygen atoms in total. The highest BCUT2D eigenvalue weighted by Gasteiger charge is 2.32. The fourth-order valence-corrected chi connectivity index (χ4v) is 1.71. The van der Waals surface area contributed by atoms with Gasteiger partial charge in [0.05, 0.1) is 13.1 Å². The van der Waals surface area contributed by atoms with E-state index in [1.165, 1.54) is 4.90 Å². The molecular formula is C9H16N4O3. The lowest BCUT2D eigenvalue weighted by Gasteiger charge is -2.22. The summed E-state index contributed by atoms with van der Waals surface area (Å²) in [6.45, 7) is 0.206. The Hall–Kier alpha value is -1.63. The lowest BCUT2D eigenvalue weighted by atomic mass is 10.2. The maximum Gasteiger partial charge on any atom is 0.242 e. The molecule has 0 aromatic carbocycles. The molecule has 1 atom stereocenters. The molecule has 0 spiro atoms. The Morgan fingerprint density at radius 2 is 2.06 bits per heavy atom. The highest BCUT2D eigenvalue weighted by atomic mass is 16.2. The summed E-state index contributed by atoms with van der Waals surface area (Å²) in [4.78, 5) is 34.9. The van der Waals surface area contributed by atoms with Crippen molar-refractivity contribution >= 4 is 17.7 Å². The van der Waals surface area contributed by atoms with Crippen molar-refractivity contribution in [2.24, 2.45) is 11.5 Å². The molecule has 0 aliphatic carbocycles. The Kier molecular flexibility index (Phi) is 4.24. The van der Waals surface area contributed by atoms with Crippen molar-refractivity contribution in [3.05, 3.63) is 0 Å². The molecule has 1 heterocycles. The van der Waals surface area contributed by atoms with Crippen LogP contribution in [0, 0.1) is 0 Å². The van der Waals surface area contributed by atoms with Crippen molar-refractivity contribution in [1.82, 2.24) is 10.2 Å². The minimum Gasteiger partial charge on any atom is -0.368 e. The molecule has 1 rings (SSSR count). The number of hydrogen-bond donors (Lipinski definition) is 3. The Labute approximate surface area is 93.1 Å². The third kappa shape index (κ3) is 2.93. The SMILES string of the molecule is NCC(=O)NCC(=O)N1CCC[C@H]1C(N)=O. The molecule has 5 N–H and O–H groups in total. The summed E-state index contributed by atoms with van der Waals surface area (Å²) < 4.78 is 0. The average Bonchev–Trinajstić information content (AvgIpc) is 2.74. The van der Waals surface area contributed by atoms with Gasteiger partial charge >= 0.3 is 0 Å². The number of hydrogen-bond acceptors (Lipinski definition) is 4. The monoisotopic (exact) mass is 228 g/mol. The van der Waals surface area contributed by atoms with Gasteiger partial charge in [0.15, 0.2) is 0 Å². The van der Waals surface area contributed by atoms with Crippen LogP contribution in [0.4, 0.5) is 0 Å². The second-order valence-electron chi connectivity index (χ2n) is 3.63. The van der Waals surface area contributed by atoms with Gasteiger partial charge in [0, 0.05) is 6.54 Å². The van der Waals surface area contributed by atoms with E-state index in [-0.39, 0.29) is 19.0 Å². The van der Waals surface area contributed by atoms with E-state index >= 15 is 0 Å². The van der Waals surface area contributed by atoms with E-state index in [1.807, 2.05) is 0 Å². The highest BCUT2D eigenvalue weighted by Crippen LogP contribution is 2.16. The number of primary amides is 1. The summed E-state index contributed by atoms with van der Waals surface area (Å²) in [5.74, 6) is -1.21. The highest BCUT2D eigenvalue weighted by molar-refractivity contribution is 5.90. The molecule has 0 aromatic rings. The Morgan fingerprint density at radius 3 is 2.62 bits per heavy atom. The minimum absolute atomic E-state index is 0.139. The molecular weight excluding hydrogens is 212 g/mol. The van der Waals surface area contributed by atoms with Gasteiger partial charge in [-0.2, -0.15) is 0 Å². The quantitative estimate of drug-likeness (QED) is 0.494. The van der Waals surface area contributed by atoms with Crippen LogP contribution in [0.15, 0.2) is 0 Å². The van der Waals surface area contributed by atoms with E-state index in [0.29, 0.717) is 13.0 Å². The maximum atomic E-state index is 11.6. The number of nitrogens with two attached hydrogens (primary N) is 2. The van der Waals surface area contributed by atoms with Gasteiger partial charge in [-0.3, -0.25) is 14.4 Å². The van der Waals surface area contributed by atoms with Crippen LogP contribution >= 0.6 is 0 Å². The van der Waals surface area contributed by atoms with Crippen LogP contribution in [-0.4, -0.2) is 48.3 Å². The summed E-state index contributed by atoms with van der Waals surface area (Å²) in [7, 11) is 0. The zero-order valence-electron chi connectivity index (χ0n) is 8.94. The van der Waals surface area contributed by atoms with Crippen molar-refractivity contribution in [3.63, 3.8) is 0 Å². The number of amides is 3. The van der Waals surface area contributed by atoms with Crippen LogP contribution in [0.2, 0.25) is 0 Å². The van der Waals surface area contributed by atoms with Crippen LogP contribution < -0.4 is 16.8 Å². The second kappa shape index (κ2) is 5.45. The molecule has 0 aromatic heterocycles. The summed E-state index contributed by atoms with van der Waals surface area (Å²) in [5.41, 5.74) is 10.2. The van der Waals surface area contributed by atoms with Gasteiger partial charge in [0.1, 0.15) is 6.04 Å². The van der Waals surface area contributed by atoms with Gasteiger partial charge in [0.25, 0.3) is 0 Å². The standard InChI is InChI=1S/C9H16N4O3/c10-4-7(14)12-5-8(15)13-3-1-2-6(13)9(11)16/h6H,1-5,10H2,(H2,11,16)(H,12,14)/t6-/m0/s1. The Morgan fingerprint density at radius 1 is 1.38 bits per heavy atom. The minimum atomic E-state index is -0.540. The summed E-state index contributed by atoms with van der Waals surface area (Å²) in [6.07, 6.45) is 1.34. The third-order valence-corrected chi connectivity index (χ3v) is 2.52.